The first-order chi connectivity index (χ1) is 12.5. The molecule has 1 aromatic carbocycles. The lowest BCUT2D eigenvalue weighted by molar-refractivity contribution is -0.137. The van der Waals surface area contributed by atoms with E-state index >= 15 is 0 Å². The molecule has 1 aromatic heterocycles. The number of ether oxygens (including phenoxy) is 1. The normalized spacial score (nSPS) is 17.3. The molecule has 2 aromatic rings. The Hall–Kier alpha value is -2.70. The molecule has 1 saturated heterocycles. The van der Waals surface area contributed by atoms with Gasteiger partial charge in [0.2, 0.25) is 0 Å². The van der Waals surface area contributed by atoms with Crippen molar-refractivity contribution in [2.75, 3.05) is 13.2 Å². The van der Waals surface area contributed by atoms with Gasteiger partial charge in [-0.05, 0) is 39.2 Å². The molecule has 0 unspecified atom stereocenters. The summed E-state index contributed by atoms with van der Waals surface area (Å²) >= 11 is 0. The van der Waals surface area contributed by atoms with E-state index in [0.29, 0.717) is 23.9 Å². The van der Waals surface area contributed by atoms with Crippen LogP contribution >= 0.6 is 0 Å². The minimum Gasteiger partial charge on any atom is -0.451 e. The molecule has 0 aliphatic carbocycles. The summed E-state index contributed by atoms with van der Waals surface area (Å²) in [6.07, 6.45) is 3.05. The van der Waals surface area contributed by atoms with Crippen LogP contribution in [0.3, 0.4) is 0 Å². The van der Waals surface area contributed by atoms with Crippen molar-refractivity contribution in [1.82, 2.24) is 14.7 Å². The van der Waals surface area contributed by atoms with Crippen LogP contribution < -0.4 is 5.56 Å². The van der Waals surface area contributed by atoms with Gasteiger partial charge in [-0.25, -0.2) is 9.48 Å². The van der Waals surface area contributed by atoms with E-state index in [0.717, 1.165) is 19.3 Å². The lowest BCUT2D eigenvalue weighted by Gasteiger charge is -2.33. The molecule has 1 amide bonds. The quantitative estimate of drug-likeness (QED) is 0.782. The van der Waals surface area contributed by atoms with Gasteiger partial charge in [-0.3, -0.25) is 9.59 Å². The van der Waals surface area contributed by atoms with Crippen molar-refractivity contribution in [3.63, 3.8) is 0 Å². The predicted octanol–water partition coefficient (Wildman–Crippen LogP) is 1.97. The molecule has 1 atom stereocenters. The van der Waals surface area contributed by atoms with E-state index in [-0.39, 0.29) is 29.8 Å². The number of carbonyl (C=O) groups is 2. The first-order valence-corrected chi connectivity index (χ1v) is 8.99. The minimum atomic E-state index is -0.693. The summed E-state index contributed by atoms with van der Waals surface area (Å²) < 4.78 is 6.46. The van der Waals surface area contributed by atoms with Crippen molar-refractivity contribution in [3.05, 3.63) is 40.3 Å². The molecule has 1 aliphatic heterocycles. The van der Waals surface area contributed by atoms with E-state index in [9.17, 15) is 14.4 Å². The second-order valence-corrected chi connectivity index (χ2v) is 6.52. The van der Waals surface area contributed by atoms with Crippen molar-refractivity contribution in [1.29, 1.82) is 0 Å². The number of aryl methyl sites for hydroxylation is 1. The molecule has 7 nitrogen and oxygen atoms in total. The van der Waals surface area contributed by atoms with Gasteiger partial charge in [0.1, 0.15) is 0 Å². The molecular weight excluding hydrogens is 334 g/mol. The number of hydrogen-bond acceptors (Lipinski definition) is 5. The Bertz CT molecular complexity index is 890. The zero-order chi connectivity index (χ0) is 18.7. The molecule has 138 valence electrons. The second-order valence-electron chi connectivity index (χ2n) is 6.52. The molecule has 3 rings (SSSR count). The Morgan fingerprint density at radius 3 is 2.65 bits per heavy atom. The number of carbonyl (C=O) groups excluding carboxylic acids is 2. The standard InChI is InChI=1S/C19H23N3O4/c1-3-22-18(24)15-10-5-4-9-14(15)17(20-22)19(25)26-12-16(23)21-11-7-6-8-13(21)2/h4-5,9-10,13H,3,6-8,11-12H2,1-2H3/t13-/m0/s1. The Labute approximate surface area is 151 Å². The fraction of sp³-hybridized carbons (Fsp3) is 0.474. The van der Waals surface area contributed by atoms with E-state index in [2.05, 4.69) is 5.10 Å². The summed E-state index contributed by atoms with van der Waals surface area (Å²) in [6, 6.07) is 6.95. The number of fused-ring (bicyclic) bond motifs is 1. The largest absolute Gasteiger partial charge is 0.451 e. The summed E-state index contributed by atoms with van der Waals surface area (Å²) in [5.41, 5.74) is -0.195. The van der Waals surface area contributed by atoms with Gasteiger partial charge in [0.15, 0.2) is 12.3 Å². The summed E-state index contributed by atoms with van der Waals surface area (Å²) in [6.45, 7) is 4.50. The third-order valence-corrected chi connectivity index (χ3v) is 4.81. The zero-order valence-corrected chi connectivity index (χ0v) is 15.1. The van der Waals surface area contributed by atoms with Gasteiger partial charge in [-0.2, -0.15) is 5.10 Å². The summed E-state index contributed by atoms with van der Waals surface area (Å²) in [7, 11) is 0. The third-order valence-electron chi connectivity index (χ3n) is 4.81. The Morgan fingerprint density at radius 1 is 1.23 bits per heavy atom. The van der Waals surface area contributed by atoms with Crippen LogP contribution in [0.1, 0.15) is 43.6 Å². The molecular formula is C19H23N3O4. The van der Waals surface area contributed by atoms with Crippen LogP contribution in [0, 0.1) is 0 Å². The van der Waals surface area contributed by atoms with Gasteiger partial charge in [-0.15, -0.1) is 0 Å². The van der Waals surface area contributed by atoms with Crippen LogP contribution in [0.4, 0.5) is 0 Å². The van der Waals surface area contributed by atoms with Crippen LogP contribution in [0.5, 0.6) is 0 Å². The Kier molecular flexibility index (Phi) is 5.35. The molecule has 0 spiro atoms. The number of aromatic nitrogens is 2. The molecule has 1 fully saturated rings. The maximum Gasteiger partial charge on any atom is 0.359 e. The van der Waals surface area contributed by atoms with Gasteiger partial charge in [0.05, 0.1) is 5.39 Å². The number of rotatable bonds is 4. The van der Waals surface area contributed by atoms with Crippen molar-refractivity contribution in [2.45, 2.75) is 45.7 Å². The number of piperidine rings is 1. The molecule has 0 saturated carbocycles. The number of nitrogens with zero attached hydrogens (tertiary/aromatic N) is 3. The molecule has 1 aliphatic rings. The molecule has 26 heavy (non-hydrogen) atoms. The van der Waals surface area contributed by atoms with Gasteiger partial charge >= 0.3 is 5.97 Å². The summed E-state index contributed by atoms with van der Waals surface area (Å²) in [4.78, 5) is 39.0. The minimum absolute atomic E-state index is 0.0570. The van der Waals surface area contributed by atoms with Gasteiger partial charge in [0, 0.05) is 24.5 Å². The molecule has 2 heterocycles. The fourth-order valence-electron chi connectivity index (χ4n) is 3.35. The Balaban J connectivity index is 1.81. The topological polar surface area (TPSA) is 81.5 Å². The van der Waals surface area contributed by atoms with E-state index in [4.69, 9.17) is 4.74 Å². The van der Waals surface area contributed by atoms with Crippen molar-refractivity contribution < 1.29 is 14.3 Å². The maximum absolute atomic E-state index is 12.5. The second kappa shape index (κ2) is 7.68. The van der Waals surface area contributed by atoms with Crippen LogP contribution in [0.25, 0.3) is 10.8 Å². The van der Waals surface area contributed by atoms with E-state index in [1.807, 2.05) is 6.92 Å². The van der Waals surface area contributed by atoms with Crippen molar-refractivity contribution >= 4 is 22.6 Å². The maximum atomic E-state index is 12.5. The number of likely N-dealkylation sites (tertiary alicyclic amines) is 1. The van der Waals surface area contributed by atoms with E-state index in [1.165, 1.54) is 4.68 Å². The highest BCUT2D eigenvalue weighted by Gasteiger charge is 2.25. The van der Waals surface area contributed by atoms with Crippen LogP contribution in [0.2, 0.25) is 0 Å². The van der Waals surface area contributed by atoms with Crippen molar-refractivity contribution in [2.24, 2.45) is 0 Å². The van der Waals surface area contributed by atoms with Gasteiger partial charge < -0.3 is 9.64 Å². The predicted molar refractivity (Wildman–Crippen MR) is 97.0 cm³/mol. The zero-order valence-electron chi connectivity index (χ0n) is 15.1. The van der Waals surface area contributed by atoms with E-state index < -0.39 is 5.97 Å². The highest BCUT2D eigenvalue weighted by molar-refractivity contribution is 6.02. The van der Waals surface area contributed by atoms with E-state index in [1.54, 1.807) is 36.1 Å². The molecule has 0 radical (unpaired) electrons. The highest BCUT2D eigenvalue weighted by Crippen LogP contribution is 2.17. The highest BCUT2D eigenvalue weighted by atomic mass is 16.5. The van der Waals surface area contributed by atoms with Gasteiger partial charge in [0.25, 0.3) is 11.5 Å². The smallest absolute Gasteiger partial charge is 0.359 e. The molecule has 7 heteroatoms. The third kappa shape index (κ3) is 3.47. The lowest BCUT2D eigenvalue weighted by atomic mass is 10.0. The average Bonchev–Trinajstić information content (AvgIpc) is 2.66. The monoisotopic (exact) mass is 357 g/mol. The number of benzene rings is 1. The first-order valence-electron chi connectivity index (χ1n) is 8.99. The number of amides is 1. The molecule has 0 bridgehead atoms. The molecule has 0 N–H and O–H groups in total. The number of esters is 1. The SMILES string of the molecule is CCn1nc(C(=O)OCC(=O)N2CCCC[C@@H]2C)c2ccccc2c1=O. The summed E-state index contributed by atoms with van der Waals surface area (Å²) in [5.74, 6) is -0.889. The van der Waals surface area contributed by atoms with Gasteiger partial charge in [-0.1, -0.05) is 18.2 Å². The van der Waals surface area contributed by atoms with Crippen molar-refractivity contribution in [3.8, 4) is 0 Å². The fourth-order valence-corrected chi connectivity index (χ4v) is 3.35. The van der Waals surface area contributed by atoms with Crippen LogP contribution in [-0.2, 0) is 16.1 Å². The number of hydrogen-bond donors (Lipinski definition) is 0. The first kappa shape index (κ1) is 18.1. The lowest BCUT2D eigenvalue weighted by Crippen LogP contribution is -2.44. The average molecular weight is 357 g/mol. The summed E-state index contributed by atoms with van der Waals surface area (Å²) in [5, 5.41) is 4.97. The Morgan fingerprint density at radius 2 is 1.96 bits per heavy atom. The van der Waals surface area contributed by atoms with Crippen LogP contribution in [0.15, 0.2) is 29.1 Å². The van der Waals surface area contributed by atoms with Crippen LogP contribution in [-0.4, -0.2) is 45.8 Å².